The highest BCUT2D eigenvalue weighted by Gasteiger charge is 2.20. The molecular formula is C9H18N4. The van der Waals surface area contributed by atoms with Gasteiger partial charge in [-0.25, -0.2) is 4.98 Å². The predicted octanol–water partition coefficient (Wildman–Crippen LogP) is 0.614. The van der Waals surface area contributed by atoms with Crippen molar-refractivity contribution in [2.75, 3.05) is 6.54 Å². The van der Waals surface area contributed by atoms with Crippen LogP contribution in [-0.2, 0) is 18.9 Å². The van der Waals surface area contributed by atoms with Gasteiger partial charge in [-0.05, 0) is 6.54 Å². The molecule has 74 valence electrons. The molecule has 0 fully saturated rings. The second-order valence-corrected chi connectivity index (χ2v) is 4.26. The van der Waals surface area contributed by atoms with Gasteiger partial charge in [-0.3, -0.25) is 4.68 Å². The molecule has 0 aromatic carbocycles. The lowest BCUT2D eigenvalue weighted by atomic mass is 9.96. The Balaban J connectivity index is 2.96. The fourth-order valence-corrected chi connectivity index (χ4v) is 1.33. The quantitative estimate of drug-likeness (QED) is 0.729. The Hall–Kier alpha value is -0.900. The molecule has 0 aliphatic heterocycles. The van der Waals surface area contributed by atoms with Crippen LogP contribution in [0.1, 0.15) is 32.4 Å². The second-order valence-electron chi connectivity index (χ2n) is 4.26. The topological polar surface area (TPSA) is 56.7 Å². The van der Waals surface area contributed by atoms with Gasteiger partial charge in [0.2, 0.25) is 0 Å². The van der Waals surface area contributed by atoms with Gasteiger partial charge in [0.15, 0.2) is 5.82 Å². The summed E-state index contributed by atoms with van der Waals surface area (Å²) in [6.45, 7) is 6.99. The summed E-state index contributed by atoms with van der Waals surface area (Å²) in [5.74, 6) is 1.85. The summed E-state index contributed by atoms with van der Waals surface area (Å²) >= 11 is 0. The summed E-state index contributed by atoms with van der Waals surface area (Å²) < 4.78 is 1.84. The Morgan fingerprint density at radius 3 is 2.38 bits per heavy atom. The van der Waals surface area contributed by atoms with Crippen LogP contribution in [0.4, 0.5) is 0 Å². The largest absolute Gasteiger partial charge is 0.330 e. The zero-order valence-corrected chi connectivity index (χ0v) is 8.83. The van der Waals surface area contributed by atoms with Crippen LogP contribution in [-0.4, -0.2) is 21.3 Å². The summed E-state index contributed by atoms with van der Waals surface area (Å²) in [5.41, 5.74) is 5.49. The second kappa shape index (κ2) is 3.46. The predicted molar refractivity (Wildman–Crippen MR) is 52.5 cm³/mol. The van der Waals surface area contributed by atoms with E-state index in [4.69, 9.17) is 5.73 Å². The first-order valence-electron chi connectivity index (χ1n) is 4.55. The number of aryl methyl sites for hydroxylation is 1. The van der Waals surface area contributed by atoms with Gasteiger partial charge >= 0.3 is 0 Å². The molecule has 0 aliphatic rings. The lowest BCUT2D eigenvalue weighted by Gasteiger charge is -2.15. The van der Waals surface area contributed by atoms with Gasteiger partial charge in [0.25, 0.3) is 0 Å². The van der Waals surface area contributed by atoms with E-state index in [9.17, 15) is 0 Å². The Labute approximate surface area is 79.2 Å². The molecule has 0 radical (unpaired) electrons. The van der Waals surface area contributed by atoms with E-state index in [1.165, 1.54) is 0 Å². The number of rotatable bonds is 2. The minimum Gasteiger partial charge on any atom is -0.330 e. The molecule has 0 aliphatic carbocycles. The fourth-order valence-electron chi connectivity index (χ4n) is 1.33. The molecule has 0 saturated heterocycles. The third kappa shape index (κ3) is 2.28. The van der Waals surface area contributed by atoms with Crippen molar-refractivity contribution in [3.63, 3.8) is 0 Å². The zero-order chi connectivity index (χ0) is 10.1. The number of hydrogen-bond acceptors (Lipinski definition) is 3. The summed E-state index contributed by atoms with van der Waals surface area (Å²) in [5, 5.41) is 4.29. The maximum Gasteiger partial charge on any atom is 0.152 e. The summed E-state index contributed by atoms with van der Waals surface area (Å²) in [6, 6.07) is 0. The van der Waals surface area contributed by atoms with E-state index >= 15 is 0 Å². The Morgan fingerprint density at radius 2 is 2.00 bits per heavy atom. The molecule has 0 amide bonds. The van der Waals surface area contributed by atoms with E-state index in [2.05, 4.69) is 30.9 Å². The summed E-state index contributed by atoms with van der Waals surface area (Å²) in [7, 11) is 1.92. The monoisotopic (exact) mass is 182 g/mol. The molecule has 1 aromatic rings. The van der Waals surface area contributed by atoms with E-state index in [-0.39, 0.29) is 5.41 Å². The highest BCUT2D eigenvalue weighted by molar-refractivity contribution is 5.04. The van der Waals surface area contributed by atoms with E-state index in [1.54, 1.807) is 0 Å². The molecule has 4 heteroatoms. The van der Waals surface area contributed by atoms with Crippen LogP contribution >= 0.6 is 0 Å². The van der Waals surface area contributed by atoms with Crippen molar-refractivity contribution in [1.82, 2.24) is 14.8 Å². The van der Waals surface area contributed by atoms with Crippen molar-refractivity contribution in [3.8, 4) is 0 Å². The van der Waals surface area contributed by atoms with Crippen LogP contribution in [0.3, 0.4) is 0 Å². The first-order valence-corrected chi connectivity index (χ1v) is 4.55. The molecule has 0 saturated carbocycles. The number of aromatic nitrogens is 3. The maximum absolute atomic E-state index is 5.44. The van der Waals surface area contributed by atoms with Gasteiger partial charge in [0.1, 0.15) is 5.82 Å². The molecule has 4 nitrogen and oxygen atoms in total. The Morgan fingerprint density at radius 1 is 1.38 bits per heavy atom. The molecule has 0 unspecified atom stereocenters. The van der Waals surface area contributed by atoms with Gasteiger partial charge in [-0.15, -0.1) is 0 Å². The average Bonchev–Trinajstić information content (AvgIpc) is 2.30. The third-order valence-electron chi connectivity index (χ3n) is 1.85. The number of nitrogens with zero attached hydrogens (tertiary/aromatic N) is 3. The molecule has 2 N–H and O–H groups in total. The van der Waals surface area contributed by atoms with Crippen LogP contribution in [0.25, 0.3) is 0 Å². The highest BCUT2D eigenvalue weighted by Crippen LogP contribution is 2.19. The molecule has 0 spiro atoms. The van der Waals surface area contributed by atoms with E-state index in [1.807, 2.05) is 11.7 Å². The highest BCUT2D eigenvalue weighted by atomic mass is 15.3. The molecule has 1 aromatic heterocycles. The molecule has 0 atom stereocenters. The Bertz CT molecular complexity index is 282. The van der Waals surface area contributed by atoms with Crippen LogP contribution in [0, 0.1) is 0 Å². The molecular weight excluding hydrogens is 164 g/mol. The summed E-state index contributed by atoms with van der Waals surface area (Å²) in [6.07, 6.45) is 0.754. The van der Waals surface area contributed by atoms with Gasteiger partial charge < -0.3 is 5.73 Å². The zero-order valence-electron chi connectivity index (χ0n) is 8.83. The van der Waals surface area contributed by atoms with Crippen LogP contribution < -0.4 is 5.73 Å². The smallest absolute Gasteiger partial charge is 0.152 e. The van der Waals surface area contributed by atoms with Crippen molar-refractivity contribution >= 4 is 0 Å². The van der Waals surface area contributed by atoms with Crippen LogP contribution in [0.2, 0.25) is 0 Å². The number of hydrogen-bond donors (Lipinski definition) is 1. The van der Waals surface area contributed by atoms with Crippen molar-refractivity contribution in [3.05, 3.63) is 11.6 Å². The molecule has 1 heterocycles. The van der Waals surface area contributed by atoms with Gasteiger partial charge in [0.05, 0.1) is 0 Å². The lowest BCUT2D eigenvalue weighted by Crippen LogP contribution is -2.17. The van der Waals surface area contributed by atoms with E-state index in [0.717, 1.165) is 18.1 Å². The average molecular weight is 182 g/mol. The molecule has 13 heavy (non-hydrogen) atoms. The van der Waals surface area contributed by atoms with E-state index < -0.39 is 0 Å². The van der Waals surface area contributed by atoms with Gasteiger partial charge in [0, 0.05) is 18.9 Å². The van der Waals surface area contributed by atoms with Gasteiger partial charge in [-0.2, -0.15) is 5.10 Å². The van der Waals surface area contributed by atoms with Crippen molar-refractivity contribution in [2.45, 2.75) is 32.6 Å². The van der Waals surface area contributed by atoms with E-state index in [0.29, 0.717) is 6.54 Å². The minimum atomic E-state index is 0.0502. The minimum absolute atomic E-state index is 0.0502. The van der Waals surface area contributed by atoms with Crippen molar-refractivity contribution in [2.24, 2.45) is 12.8 Å². The maximum atomic E-state index is 5.44. The lowest BCUT2D eigenvalue weighted by molar-refractivity contribution is 0.506. The summed E-state index contributed by atoms with van der Waals surface area (Å²) in [4.78, 5) is 4.44. The standard InChI is InChI=1S/C9H18N4/c1-9(2,3)8-11-7(5-6-10)12-13(8)4/h5-6,10H2,1-4H3. The molecule has 0 bridgehead atoms. The SMILES string of the molecule is Cn1nc(CCN)nc1C(C)(C)C. The first kappa shape index (κ1) is 10.2. The first-order chi connectivity index (χ1) is 5.95. The normalized spacial score (nSPS) is 12.1. The number of nitrogens with two attached hydrogens (primary N) is 1. The fraction of sp³-hybridized carbons (Fsp3) is 0.778. The van der Waals surface area contributed by atoms with Gasteiger partial charge in [-0.1, -0.05) is 20.8 Å². The van der Waals surface area contributed by atoms with Crippen LogP contribution in [0.15, 0.2) is 0 Å². The third-order valence-corrected chi connectivity index (χ3v) is 1.85. The van der Waals surface area contributed by atoms with Crippen molar-refractivity contribution < 1.29 is 0 Å². The Kier molecular flexibility index (Phi) is 2.71. The molecule has 1 rings (SSSR count). The van der Waals surface area contributed by atoms with Crippen molar-refractivity contribution in [1.29, 1.82) is 0 Å². The van der Waals surface area contributed by atoms with Crippen LogP contribution in [0.5, 0.6) is 0 Å².